The van der Waals surface area contributed by atoms with Crippen molar-refractivity contribution in [2.45, 2.75) is 45.1 Å². The zero-order valence-electron chi connectivity index (χ0n) is 17.9. The average Bonchev–Trinajstić information content (AvgIpc) is 3.37. The first-order valence-electron chi connectivity index (χ1n) is 10.4. The third-order valence-electron chi connectivity index (χ3n) is 5.27. The number of ether oxygens (including phenoxy) is 1. The van der Waals surface area contributed by atoms with E-state index >= 15 is 0 Å². The molecule has 1 fully saturated rings. The fourth-order valence-corrected chi connectivity index (χ4v) is 3.75. The number of likely N-dealkylation sites (tertiary alicyclic amines) is 1. The minimum absolute atomic E-state index is 0.128. The first-order valence-corrected chi connectivity index (χ1v) is 10.4. The van der Waals surface area contributed by atoms with Crippen LogP contribution in [-0.4, -0.2) is 63.1 Å². The van der Waals surface area contributed by atoms with Crippen LogP contribution in [0.3, 0.4) is 0 Å². The molecule has 0 atom stereocenters. The van der Waals surface area contributed by atoms with Gasteiger partial charge in [0.05, 0.1) is 17.3 Å². The van der Waals surface area contributed by atoms with Crippen molar-refractivity contribution >= 4 is 17.0 Å². The molecule has 1 saturated heterocycles. The highest BCUT2D eigenvalue weighted by atomic mass is 19.1. The number of H-pyrrole nitrogens is 1. The second kappa shape index (κ2) is 8.62. The van der Waals surface area contributed by atoms with Crippen LogP contribution in [0, 0.1) is 5.82 Å². The zero-order valence-corrected chi connectivity index (χ0v) is 17.9. The highest BCUT2D eigenvalue weighted by Gasteiger charge is 2.26. The summed E-state index contributed by atoms with van der Waals surface area (Å²) in [5, 5.41) is 14.2. The number of amides is 1. The molecule has 4 rings (SSSR count). The molecule has 3 aromatic rings. The number of halogens is 1. The Morgan fingerprint density at radius 1 is 1.35 bits per heavy atom. The van der Waals surface area contributed by atoms with Crippen molar-refractivity contribution in [3.05, 3.63) is 30.0 Å². The van der Waals surface area contributed by atoms with Crippen LogP contribution in [0.1, 0.15) is 45.4 Å². The predicted octanol–water partition coefficient (Wildman–Crippen LogP) is 3.46. The molecule has 0 spiro atoms. The number of carbonyl (C=O) groups excluding carboxylic acids is 1. The molecule has 31 heavy (non-hydrogen) atoms. The Bertz CT molecular complexity index is 1050. The minimum atomic E-state index is -0.503. The number of alkyl carbamates (subject to hydrolysis) is 1. The van der Waals surface area contributed by atoms with Crippen LogP contribution in [0.25, 0.3) is 22.3 Å². The van der Waals surface area contributed by atoms with Crippen LogP contribution in [0.2, 0.25) is 0 Å². The Labute approximate surface area is 179 Å². The number of nitrogens with zero attached hydrogens (tertiary/aromatic N) is 4. The maximum absolute atomic E-state index is 14.4. The SMILES string of the molecule is CC(C)(C)OC(=O)NCCN1CCC(c2nc(-c3c(F)ccc4[nH]ncc34)no2)CC1. The van der Waals surface area contributed by atoms with Crippen molar-refractivity contribution in [1.82, 2.24) is 30.6 Å². The van der Waals surface area contributed by atoms with E-state index in [-0.39, 0.29) is 11.7 Å². The third kappa shape index (κ3) is 5.01. The van der Waals surface area contributed by atoms with Crippen LogP contribution >= 0.6 is 0 Å². The lowest BCUT2D eigenvalue weighted by Gasteiger charge is -2.30. The van der Waals surface area contributed by atoms with Gasteiger partial charge >= 0.3 is 6.09 Å². The first kappa shape index (κ1) is 21.2. The number of carbonyl (C=O) groups is 1. The maximum atomic E-state index is 14.4. The Morgan fingerprint density at radius 2 is 2.13 bits per heavy atom. The van der Waals surface area contributed by atoms with E-state index in [2.05, 4.69) is 30.6 Å². The summed E-state index contributed by atoms with van der Waals surface area (Å²) in [6.07, 6.45) is 2.87. The lowest BCUT2D eigenvalue weighted by Crippen LogP contribution is -2.40. The van der Waals surface area contributed by atoms with Gasteiger partial charge in [-0.05, 0) is 58.8 Å². The monoisotopic (exact) mass is 430 g/mol. The van der Waals surface area contributed by atoms with Crippen LogP contribution in [0.4, 0.5) is 9.18 Å². The van der Waals surface area contributed by atoms with Gasteiger partial charge in [0.1, 0.15) is 11.4 Å². The molecular formula is C21H27FN6O3. The van der Waals surface area contributed by atoms with Gasteiger partial charge in [0.2, 0.25) is 11.7 Å². The summed E-state index contributed by atoms with van der Waals surface area (Å²) < 4.78 is 25.2. The lowest BCUT2D eigenvalue weighted by molar-refractivity contribution is 0.0520. The summed E-state index contributed by atoms with van der Waals surface area (Å²) in [6, 6.07) is 3.01. The largest absolute Gasteiger partial charge is 0.444 e. The molecular weight excluding hydrogens is 403 g/mol. The van der Waals surface area contributed by atoms with Gasteiger partial charge in [-0.1, -0.05) is 5.16 Å². The summed E-state index contributed by atoms with van der Waals surface area (Å²) in [5.41, 5.74) is 0.514. The smallest absolute Gasteiger partial charge is 0.407 e. The van der Waals surface area contributed by atoms with Gasteiger partial charge < -0.3 is 19.5 Å². The van der Waals surface area contributed by atoms with Gasteiger partial charge in [-0.3, -0.25) is 5.10 Å². The van der Waals surface area contributed by atoms with Crippen molar-refractivity contribution in [1.29, 1.82) is 0 Å². The molecule has 1 aliphatic rings. The maximum Gasteiger partial charge on any atom is 0.407 e. The summed E-state index contributed by atoms with van der Waals surface area (Å²) >= 11 is 0. The van der Waals surface area contributed by atoms with Gasteiger partial charge in [-0.2, -0.15) is 10.1 Å². The lowest BCUT2D eigenvalue weighted by atomic mass is 9.97. The number of hydrogen-bond acceptors (Lipinski definition) is 7. The molecule has 0 unspecified atom stereocenters. The van der Waals surface area contributed by atoms with Gasteiger partial charge in [-0.15, -0.1) is 0 Å². The average molecular weight is 430 g/mol. The Balaban J connectivity index is 1.31. The molecule has 3 heterocycles. The topological polar surface area (TPSA) is 109 Å². The van der Waals surface area contributed by atoms with Crippen LogP contribution < -0.4 is 5.32 Å². The van der Waals surface area contributed by atoms with E-state index in [1.54, 1.807) is 12.3 Å². The number of aromatic nitrogens is 4. The molecule has 0 radical (unpaired) electrons. The van der Waals surface area contributed by atoms with E-state index in [0.717, 1.165) is 38.0 Å². The van der Waals surface area contributed by atoms with Gasteiger partial charge in [0.25, 0.3) is 0 Å². The number of benzene rings is 1. The van der Waals surface area contributed by atoms with Crippen LogP contribution in [0.5, 0.6) is 0 Å². The Kier molecular flexibility index (Phi) is 5.90. The highest BCUT2D eigenvalue weighted by Crippen LogP contribution is 2.32. The van der Waals surface area contributed by atoms with Crippen LogP contribution in [-0.2, 0) is 4.74 Å². The Hall–Kier alpha value is -3.01. The third-order valence-corrected chi connectivity index (χ3v) is 5.27. The number of aromatic amines is 1. The molecule has 2 aromatic heterocycles. The molecule has 1 aromatic carbocycles. The van der Waals surface area contributed by atoms with Gasteiger partial charge in [0, 0.05) is 24.4 Å². The number of piperidine rings is 1. The van der Waals surface area contributed by atoms with Crippen molar-refractivity contribution < 1.29 is 18.4 Å². The fraction of sp³-hybridized carbons (Fsp3) is 0.524. The summed E-state index contributed by atoms with van der Waals surface area (Å²) in [7, 11) is 0. The number of fused-ring (bicyclic) bond motifs is 1. The molecule has 2 N–H and O–H groups in total. The first-order chi connectivity index (χ1) is 14.8. The standard InChI is InChI=1S/C21H27FN6O3/c1-21(2,3)30-20(29)23-8-11-28-9-6-13(7-10-28)19-25-18(27-31-19)17-14-12-24-26-16(14)5-4-15(17)22/h4-5,12-13H,6-11H2,1-3H3,(H,23,29)(H,24,26). The highest BCUT2D eigenvalue weighted by molar-refractivity contribution is 5.92. The number of hydrogen-bond donors (Lipinski definition) is 2. The summed E-state index contributed by atoms with van der Waals surface area (Å²) in [5.74, 6) is 0.487. The number of rotatable bonds is 5. The molecule has 0 bridgehead atoms. The molecule has 1 aliphatic heterocycles. The van der Waals surface area contributed by atoms with Crippen molar-refractivity contribution in [3.63, 3.8) is 0 Å². The molecule has 9 nitrogen and oxygen atoms in total. The second-order valence-electron chi connectivity index (χ2n) is 8.75. The minimum Gasteiger partial charge on any atom is -0.444 e. The fourth-order valence-electron chi connectivity index (χ4n) is 3.75. The molecule has 1 amide bonds. The van der Waals surface area contributed by atoms with Crippen molar-refractivity contribution in [3.8, 4) is 11.4 Å². The van der Waals surface area contributed by atoms with E-state index in [9.17, 15) is 9.18 Å². The molecule has 0 aliphatic carbocycles. The quantitative estimate of drug-likeness (QED) is 0.638. The van der Waals surface area contributed by atoms with Gasteiger partial charge in [0.15, 0.2) is 0 Å². The van der Waals surface area contributed by atoms with Crippen molar-refractivity contribution in [2.24, 2.45) is 0 Å². The molecule has 166 valence electrons. The predicted molar refractivity (Wildman–Crippen MR) is 112 cm³/mol. The van der Waals surface area contributed by atoms with E-state index in [4.69, 9.17) is 9.26 Å². The van der Waals surface area contributed by atoms with E-state index < -0.39 is 17.5 Å². The molecule has 0 saturated carbocycles. The van der Waals surface area contributed by atoms with E-state index in [0.29, 0.717) is 23.4 Å². The van der Waals surface area contributed by atoms with E-state index in [1.807, 2.05) is 20.8 Å². The Morgan fingerprint density at radius 3 is 2.87 bits per heavy atom. The van der Waals surface area contributed by atoms with Crippen LogP contribution in [0.15, 0.2) is 22.9 Å². The number of nitrogens with one attached hydrogen (secondary N) is 2. The van der Waals surface area contributed by atoms with Gasteiger partial charge in [-0.25, -0.2) is 9.18 Å². The second-order valence-corrected chi connectivity index (χ2v) is 8.75. The summed E-state index contributed by atoms with van der Waals surface area (Å²) in [4.78, 5) is 18.5. The zero-order chi connectivity index (χ0) is 22.0. The van der Waals surface area contributed by atoms with Crippen molar-refractivity contribution in [2.75, 3.05) is 26.2 Å². The molecule has 10 heteroatoms. The normalized spacial score (nSPS) is 16.0. The summed E-state index contributed by atoms with van der Waals surface area (Å²) in [6.45, 7) is 8.49. The van der Waals surface area contributed by atoms with E-state index in [1.165, 1.54) is 6.07 Å².